The Kier molecular flexibility index (Phi) is 7.10. The van der Waals surface area contributed by atoms with Gasteiger partial charge in [0.15, 0.2) is 17.5 Å². The summed E-state index contributed by atoms with van der Waals surface area (Å²) in [5, 5.41) is 3.10. The molecule has 3 N–H and O–H groups in total. The van der Waals surface area contributed by atoms with Gasteiger partial charge in [0.1, 0.15) is 0 Å². The van der Waals surface area contributed by atoms with Crippen molar-refractivity contribution >= 4 is 5.96 Å². The third kappa shape index (κ3) is 5.39. The van der Waals surface area contributed by atoms with E-state index in [1.54, 1.807) is 21.3 Å². The molecule has 25 heavy (non-hydrogen) atoms. The molecule has 0 spiro atoms. The van der Waals surface area contributed by atoms with Crippen molar-refractivity contribution in [1.29, 1.82) is 0 Å². The summed E-state index contributed by atoms with van der Waals surface area (Å²) in [6, 6.07) is 15.6. The number of rotatable bonds is 8. The van der Waals surface area contributed by atoms with E-state index in [2.05, 4.69) is 10.3 Å². The van der Waals surface area contributed by atoms with Crippen molar-refractivity contribution in [2.45, 2.75) is 12.6 Å². The van der Waals surface area contributed by atoms with Crippen LogP contribution in [0.25, 0.3) is 0 Å². The first-order valence-corrected chi connectivity index (χ1v) is 8.00. The standard InChI is InChI=1S/C19H25N3O3/c1-23-16-10-9-14(11-17(16)24-2)12-21-19(20)22-13-18(25-3)15-7-5-4-6-8-15/h4-11,18H,12-13H2,1-3H3,(H3,20,21,22). The number of nitrogens with one attached hydrogen (secondary N) is 1. The fraction of sp³-hybridized carbons (Fsp3) is 0.316. The summed E-state index contributed by atoms with van der Waals surface area (Å²) in [4.78, 5) is 4.36. The zero-order chi connectivity index (χ0) is 18.1. The quantitative estimate of drug-likeness (QED) is 0.569. The van der Waals surface area contributed by atoms with Crippen LogP contribution in [-0.4, -0.2) is 33.8 Å². The van der Waals surface area contributed by atoms with E-state index in [9.17, 15) is 0 Å². The average molecular weight is 343 g/mol. The van der Waals surface area contributed by atoms with E-state index in [4.69, 9.17) is 19.9 Å². The third-order valence-corrected chi connectivity index (χ3v) is 3.80. The molecule has 0 saturated carbocycles. The maximum Gasteiger partial charge on any atom is 0.189 e. The molecule has 1 unspecified atom stereocenters. The average Bonchev–Trinajstić information content (AvgIpc) is 2.67. The molecule has 0 aliphatic rings. The van der Waals surface area contributed by atoms with Crippen molar-refractivity contribution in [1.82, 2.24) is 5.32 Å². The molecule has 2 rings (SSSR count). The number of ether oxygens (including phenoxy) is 3. The second kappa shape index (κ2) is 9.54. The second-order valence-corrected chi connectivity index (χ2v) is 5.41. The Bertz CT molecular complexity index is 690. The van der Waals surface area contributed by atoms with Gasteiger partial charge in [-0.25, -0.2) is 4.99 Å². The first-order valence-electron chi connectivity index (χ1n) is 8.00. The predicted molar refractivity (Wildman–Crippen MR) is 99.1 cm³/mol. The summed E-state index contributed by atoms with van der Waals surface area (Å²) >= 11 is 0. The van der Waals surface area contributed by atoms with Gasteiger partial charge in [-0.05, 0) is 23.3 Å². The smallest absolute Gasteiger partial charge is 0.189 e. The Hall–Kier alpha value is -2.73. The topological polar surface area (TPSA) is 78.1 Å². The molecule has 2 aromatic rings. The van der Waals surface area contributed by atoms with Gasteiger partial charge in [0.05, 0.1) is 26.9 Å². The summed E-state index contributed by atoms with van der Waals surface area (Å²) in [7, 11) is 4.89. The molecule has 0 radical (unpaired) electrons. The molecule has 0 amide bonds. The number of hydrogen-bond acceptors (Lipinski definition) is 4. The van der Waals surface area contributed by atoms with Crippen molar-refractivity contribution in [3.8, 4) is 11.5 Å². The van der Waals surface area contributed by atoms with Gasteiger partial charge in [0.25, 0.3) is 0 Å². The van der Waals surface area contributed by atoms with E-state index in [0.717, 1.165) is 11.1 Å². The highest BCUT2D eigenvalue weighted by molar-refractivity contribution is 5.77. The molecular formula is C19H25N3O3. The minimum absolute atomic E-state index is 0.0870. The van der Waals surface area contributed by atoms with Gasteiger partial charge in [-0.15, -0.1) is 0 Å². The van der Waals surface area contributed by atoms with Crippen molar-refractivity contribution < 1.29 is 14.2 Å². The fourth-order valence-corrected chi connectivity index (χ4v) is 2.41. The molecule has 0 aliphatic heterocycles. The number of methoxy groups -OCH3 is 3. The molecular weight excluding hydrogens is 318 g/mol. The maximum atomic E-state index is 5.96. The lowest BCUT2D eigenvalue weighted by Gasteiger charge is -2.16. The Morgan fingerprint density at radius 1 is 1.04 bits per heavy atom. The predicted octanol–water partition coefficient (Wildman–Crippen LogP) is 2.50. The van der Waals surface area contributed by atoms with Crippen LogP contribution in [0, 0.1) is 0 Å². The van der Waals surface area contributed by atoms with E-state index in [0.29, 0.717) is 30.5 Å². The van der Waals surface area contributed by atoms with Gasteiger partial charge in [-0.1, -0.05) is 36.4 Å². The Morgan fingerprint density at radius 3 is 2.40 bits per heavy atom. The van der Waals surface area contributed by atoms with Crippen LogP contribution in [0.2, 0.25) is 0 Å². The Morgan fingerprint density at radius 2 is 1.76 bits per heavy atom. The van der Waals surface area contributed by atoms with E-state index >= 15 is 0 Å². The summed E-state index contributed by atoms with van der Waals surface area (Å²) in [5.41, 5.74) is 8.03. The molecule has 0 fully saturated rings. The molecule has 0 heterocycles. The molecule has 6 nitrogen and oxygen atoms in total. The SMILES string of the molecule is COc1ccc(CN=C(N)NCC(OC)c2ccccc2)cc1OC. The lowest BCUT2D eigenvalue weighted by Crippen LogP contribution is -2.35. The van der Waals surface area contributed by atoms with Crippen LogP contribution in [-0.2, 0) is 11.3 Å². The molecule has 134 valence electrons. The van der Waals surface area contributed by atoms with Gasteiger partial charge in [-0.3, -0.25) is 0 Å². The van der Waals surface area contributed by atoms with E-state index in [-0.39, 0.29) is 6.10 Å². The Balaban J connectivity index is 1.93. The Labute approximate surface area is 148 Å². The molecule has 0 aromatic heterocycles. The van der Waals surface area contributed by atoms with E-state index in [1.165, 1.54) is 0 Å². The summed E-state index contributed by atoms with van der Waals surface area (Å²) < 4.78 is 16.0. The van der Waals surface area contributed by atoms with Crippen LogP contribution in [0.5, 0.6) is 11.5 Å². The third-order valence-electron chi connectivity index (χ3n) is 3.80. The zero-order valence-electron chi connectivity index (χ0n) is 14.9. The first-order chi connectivity index (χ1) is 12.2. The van der Waals surface area contributed by atoms with Crippen LogP contribution >= 0.6 is 0 Å². The summed E-state index contributed by atoms with van der Waals surface area (Å²) in [5.74, 6) is 1.73. The molecule has 1 atom stereocenters. The van der Waals surface area contributed by atoms with Gasteiger partial charge < -0.3 is 25.3 Å². The van der Waals surface area contributed by atoms with Crippen LogP contribution in [0.4, 0.5) is 0 Å². The lowest BCUT2D eigenvalue weighted by atomic mass is 10.1. The van der Waals surface area contributed by atoms with E-state index in [1.807, 2.05) is 48.5 Å². The number of nitrogens with zero attached hydrogens (tertiary/aromatic N) is 1. The van der Waals surface area contributed by atoms with Crippen molar-refractivity contribution in [3.63, 3.8) is 0 Å². The minimum atomic E-state index is -0.0870. The summed E-state index contributed by atoms with van der Waals surface area (Å²) in [6.07, 6.45) is -0.0870. The molecule has 6 heteroatoms. The number of guanidine groups is 1. The number of aliphatic imine (C=N–C) groups is 1. The summed E-state index contributed by atoms with van der Waals surface area (Å²) in [6.45, 7) is 0.990. The fourth-order valence-electron chi connectivity index (χ4n) is 2.41. The number of hydrogen-bond donors (Lipinski definition) is 2. The number of benzene rings is 2. The normalized spacial score (nSPS) is 12.5. The van der Waals surface area contributed by atoms with Gasteiger partial charge in [0.2, 0.25) is 0 Å². The van der Waals surface area contributed by atoms with Gasteiger partial charge in [-0.2, -0.15) is 0 Å². The number of nitrogens with two attached hydrogens (primary N) is 1. The highest BCUT2D eigenvalue weighted by Gasteiger charge is 2.10. The van der Waals surface area contributed by atoms with Crippen molar-refractivity contribution in [2.75, 3.05) is 27.9 Å². The van der Waals surface area contributed by atoms with Crippen LogP contribution < -0.4 is 20.5 Å². The van der Waals surface area contributed by atoms with Crippen LogP contribution in [0.15, 0.2) is 53.5 Å². The molecule has 0 bridgehead atoms. The van der Waals surface area contributed by atoms with Gasteiger partial charge >= 0.3 is 0 Å². The van der Waals surface area contributed by atoms with Crippen molar-refractivity contribution in [3.05, 3.63) is 59.7 Å². The molecule has 0 saturated heterocycles. The van der Waals surface area contributed by atoms with E-state index < -0.39 is 0 Å². The first kappa shape index (κ1) is 18.6. The van der Waals surface area contributed by atoms with Gasteiger partial charge in [0, 0.05) is 13.7 Å². The van der Waals surface area contributed by atoms with Crippen LogP contribution in [0.3, 0.4) is 0 Å². The highest BCUT2D eigenvalue weighted by Crippen LogP contribution is 2.27. The second-order valence-electron chi connectivity index (χ2n) is 5.41. The maximum absolute atomic E-state index is 5.96. The lowest BCUT2D eigenvalue weighted by molar-refractivity contribution is 0.106. The van der Waals surface area contributed by atoms with Crippen molar-refractivity contribution in [2.24, 2.45) is 10.7 Å². The monoisotopic (exact) mass is 343 g/mol. The molecule has 2 aromatic carbocycles. The highest BCUT2D eigenvalue weighted by atomic mass is 16.5. The largest absolute Gasteiger partial charge is 0.493 e. The molecule has 0 aliphatic carbocycles. The van der Waals surface area contributed by atoms with Crippen LogP contribution in [0.1, 0.15) is 17.2 Å². The zero-order valence-corrected chi connectivity index (χ0v) is 14.9. The minimum Gasteiger partial charge on any atom is -0.493 e.